The van der Waals surface area contributed by atoms with Crippen molar-refractivity contribution in [3.05, 3.63) is 11.6 Å². The van der Waals surface area contributed by atoms with Gasteiger partial charge in [0.2, 0.25) is 5.91 Å². The number of aromatic nitrogens is 3. The molecule has 3 rings (SSSR count). The summed E-state index contributed by atoms with van der Waals surface area (Å²) in [4.78, 5) is 13.3. The van der Waals surface area contributed by atoms with Crippen LogP contribution in [0.5, 0.6) is 0 Å². The molecule has 3 heterocycles. The maximum absolute atomic E-state index is 11.4. The number of carbonyl (C=O) groups excluding carboxylic acids is 1. The van der Waals surface area contributed by atoms with Gasteiger partial charge in [-0.2, -0.15) is 0 Å². The first-order valence-electron chi connectivity index (χ1n) is 6.66. The Hall–Kier alpha value is -1.43. The van der Waals surface area contributed by atoms with E-state index in [2.05, 4.69) is 20.1 Å². The fourth-order valence-electron chi connectivity index (χ4n) is 2.82. The molecule has 6 heteroatoms. The molecular weight excluding hydrogens is 230 g/mol. The van der Waals surface area contributed by atoms with Gasteiger partial charge in [0.1, 0.15) is 11.6 Å². The Labute approximate surface area is 106 Å². The van der Waals surface area contributed by atoms with Crippen LogP contribution in [0, 0.1) is 0 Å². The first-order chi connectivity index (χ1) is 8.75. The molecule has 2 aliphatic heterocycles. The molecule has 18 heavy (non-hydrogen) atoms. The van der Waals surface area contributed by atoms with Gasteiger partial charge in [-0.15, -0.1) is 10.2 Å². The molecule has 0 aromatic carbocycles. The van der Waals surface area contributed by atoms with Gasteiger partial charge in [0, 0.05) is 33.0 Å². The van der Waals surface area contributed by atoms with Crippen LogP contribution in [0.2, 0.25) is 0 Å². The summed E-state index contributed by atoms with van der Waals surface area (Å²) < 4.78 is 2.20. The molecule has 1 aromatic rings. The maximum atomic E-state index is 11.4. The van der Waals surface area contributed by atoms with Gasteiger partial charge < -0.3 is 14.8 Å². The van der Waals surface area contributed by atoms with Crippen molar-refractivity contribution in [3.8, 4) is 0 Å². The van der Waals surface area contributed by atoms with Crippen molar-refractivity contribution in [2.24, 2.45) is 0 Å². The lowest BCUT2D eigenvalue weighted by Crippen LogP contribution is -2.31. The molecule has 0 bridgehead atoms. The summed E-state index contributed by atoms with van der Waals surface area (Å²) in [7, 11) is 0. The number of fused-ring (bicyclic) bond motifs is 1. The lowest BCUT2D eigenvalue weighted by Gasteiger charge is -2.18. The Bertz CT molecular complexity index is 449. The number of nitrogens with one attached hydrogen (secondary N) is 1. The Morgan fingerprint density at radius 2 is 2.22 bits per heavy atom. The van der Waals surface area contributed by atoms with E-state index < -0.39 is 0 Å². The number of rotatable bonds is 1. The third kappa shape index (κ3) is 2.01. The second-order valence-electron chi connectivity index (χ2n) is 5.03. The topological polar surface area (TPSA) is 63.1 Å². The van der Waals surface area contributed by atoms with E-state index in [0.29, 0.717) is 6.04 Å². The van der Waals surface area contributed by atoms with Crippen LogP contribution in [0.1, 0.15) is 37.5 Å². The van der Waals surface area contributed by atoms with E-state index in [0.717, 1.165) is 50.7 Å². The highest BCUT2D eigenvalue weighted by Crippen LogP contribution is 2.23. The highest BCUT2D eigenvalue weighted by Gasteiger charge is 2.26. The summed E-state index contributed by atoms with van der Waals surface area (Å²) in [5.41, 5.74) is 0. The van der Waals surface area contributed by atoms with Crippen molar-refractivity contribution in [1.29, 1.82) is 0 Å². The molecule has 0 radical (unpaired) electrons. The summed E-state index contributed by atoms with van der Waals surface area (Å²) in [6.07, 6.45) is 3.14. The molecular formula is C12H19N5O. The third-order valence-electron chi connectivity index (χ3n) is 3.87. The van der Waals surface area contributed by atoms with Crippen LogP contribution in [0.4, 0.5) is 0 Å². The second-order valence-corrected chi connectivity index (χ2v) is 5.03. The number of amides is 1. The van der Waals surface area contributed by atoms with E-state index in [1.165, 1.54) is 6.42 Å². The summed E-state index contributed by atoms with van der Waals surface area (Å²) in [6.45, 7) is 5.03. The maximum Gasteiger partial charge on any atom is 0.219 e. The van der Waals surface area contributed by atoms with Crippen LogP contribution in [-0.4, -0.2) is 45.2 Å². The fraction of sp³-hybridized carbons (Fsp3) is 0.750. The van der Waals surface area contributed by atoms with E-state index in [4.69, 9.17) is 0 Å². The highest BCUT2D eigenvalue weighted by atomic mass is 16.2. The van der Waals surface area contributed by atoms with Gasteiger partial charge in [0.05, 0.1) is 6.04 Å². The van der Waals surface area contributed by atoms with Crippen molar-refractivity contribution in [2.75, 3.05) is 19.6 Å². The molecule has 6 nitrogen and oxygen atoms in total. The van der Waals surface area contributed by atoms with Gasteiger partial charge in [-0.25, -0.2) is 0 Å². The third-order valence-corrected chi connectivity index (χ3v) is 3.87. The Balaban J connectivity index is 1.82. The first kappa shape index (κ1) is 11.6. The average molecular weight is 249 g/mol. The second kappa shape index (κ2) is 4.68. The molecule has 1 saturated heterocycles. The van der Waals surface area contributed by atoms with Crippen LogP contribution < -0.4 is 5.32 Å². The molecule has 2 aliphatic rings. The van der Waals surface area contributed by atoms with Crippen molar-refractivity contribution in [2.45, 2.75) is 38.8 Å². The molecule has 0 spiro atoms. The minimum atomic E-state index is 0.147. The zero-order valence-corrected chi connectivity index (χ0v) is 10.7. The average Bonchev–Trinajstić information content (AvgIpc) is 2.94. The lowest BCUT2D eigenvalue weighted by molar-refractivity contribution is -0.128. The van der Waals surface area contributed by atoms with E-state index in [9.17, 15) is 4.79 Å². The molecule has 98 valence electrons. The fourth-order valence-corrected chi connectivity index (χ4v) is 2.82. The van der Waals surface area contributed by atoms with Crippen LogP contribution in [0.25, 0.3) is 0 Å². The largest absolute Gasteiger partial charge is 0.341 e. The standard InChI is InChI=1S/C12H19N5O/c1-9(18)16-6-4-11-14-15-12(17(11)8-7-16)10-3-2-5-13-10/h10,13H,2-8H2,1H3. The van der Waals surface area contributed by atoms with E-state index in [-0.39, 0.29) is 5.91 Å². The van der Waals surface area contributed by atoms with Gasteiger partial charge >= 0.3 is 0 Å². The normalized spacial score (nSPS) is 23.8. The number of nitrogens with zero attached hydrogens (tertiary/aromatic N) is 4. The minimum absolute atomic E-state index is 0.147. The Morgan fingerprint density at radius 3 is 2.94 bits per heavy atom. The SMILES string of the molecule is CC(=O)N1CCc2nnc(C3CCCN3)n2CC1. The van der Waals surface area contributed by atoms with Crippen molar-refractivity contribution >= 4 is 5.91 Å². The van der Waals surface area contributed by atoms with Crippen molar-refractivity contribution in [1.82, 2.24) is 25.0 Å². The van der Waals surface area contributed by atoms with E-state index in [1.54, 1.807) is 6.92 Å². The molecule has 1 unspecified atom stereocenters. The van der Waals surface area contributed by atoms with Crippen molar-refractivity contribution < 1.29 is 4.79 Å². The predicted octanol–water partition coefficient (Wildman–Crippen LogP) is 0.107. The van der Waals surface area contributed by atoms with Crippen LogP contribution in [-0.2, 0) is 17.8 Å². The molecule has 1 amide bonds. The number of hydrogen-bond acceptors (Lipinski definition) is 4. The number of carbonyl (C=O) groups is 1. The molecule has 1 aromatic heterocycles. The highest BCUT2D eigenvalue weighted by molar-refractivity contribution is 5.73. The zero-order valence-electron chi connectivity index (χ0n) is 10.7. The molecule has 1 N–H and O–H groups in total. The van der Waals surface area contributed by atoms with Crippen molar-refractivity contribution in [3.63, 3.8) is 0 Å². The predicted molar refractivity (Wildman–Crippen MR) is 66.0 cm³/mol. The molecule has 1 fully saturated rings. The summed E-state index contributed by atoms with van der Waals surface area (Å²) in [5.74, 6) is 2.21. The Morgan fingerprint density at radius 1 is 1.33 bits per heavy atom. The summed E-state index contributed by atoms with van der Waals surface area (Å²) in [6, 6.07) is 0.343. The van der Waals surface area contributed by atoms with Gasteiger partial charge in [0.25, 0.3) is 0 Å². The summed E-state index contributed by atoms with van der Waals surface area (Å²) in [5, 5.41) is 12.1. The molecule has 0 saturated carbocycles. The first-order valence-corrected chi connectivity index (χ1v) is 6.66. The summed E-state index contributed by atoms with van der Waals surface area (Å²) >= 11 is 0. The van der Waals surface area contributed by atoms with Gasteiger partial charge in [-0.1, -0.05) is 0 Å². The van der Waals surface area contributed by atoms with Gasteiger partial charge in [0.15, 0.2) is 0 Å². The smallest absolute Gasteiger partial charge is 0.219 e. The van der Waals surface area contributed by atoms with E-state index >= 15 is 0 Å². The van der Waals surface area contributed by atoms with Crippen LogP contribution in [0.3, 0.4) is 0 Å². The van der Waals surface area contributed by atoms with Gasteiger partial charge in [-0.05, 0) is 19.4 Å². The van der Waals surface area contributed by atoms with Crippen LogP contribution >= 0.6 is 0 Å². The molecule has 1 atom stereocenters. The zero-order chi connectivity index (χ0) is 12.5. The minimum Gasteiger partial charge on any atom is -0.341 e. The Kier molecular flexibility index (Phi) is 3.03. The molecule has 0 aliphatic carbocycles. The number of hydrogen-bond donors (Lipinski definition) is 1. The van der Waals surface area contributed by atoms with Crippen LogP contribution in [0.15, 0.2) is 0 Å². The lowest BCUT2D eigenvalue weighted by atomic mass is 10.2. The van der Waals surface area contributed by atoms with Gasteiger partial charge in [-0.3, -0.25) is 4.79 Å². The monoisotopic (exact) mass is 249 g/mol. The van der Waals surface area contributed by atoms with E-state index in [1.807, 2.05) is 4.90 Å². The quantitative estimate of drug-likeness (QED) is 0.767.